The molecule has 3 aromatic rings. The quantitative estimate of drug-likeness (QED) is 0.651. The van der Waals surface area contributed by atoms with E-state index in [1.807, 2.05) is 74.0 Å². The zero-order chi connectivity index (χ0) is 21.3. The van der Waals surface area contributed by atoms with E-state index in [0.717, 1.165) is 22.6 Å². The van der Waals surface area contributed by atoms with E-state index in [-0.39, 0.29) is 30.0 Å². The summed E-state index contributed by atoms with van der Waals surface area (Å²) in [7, 11) is 1.90. The second kappa shape index (κ2) is 8.31. The molecule has 1 aromatic heterocycles. The predicted octanol–water partition coefficient (Wildman–Crippen LogP) is 3.65. The molecule has 154 valence electrons. The second-order valence-corrected chi connectivity index (χ2v) is 8.29. The van der Waals surface area contributed by atoms with Crippen LogP contribution in [0.3, 0.4) is 0 Å². The summed E-state index contributed by atoms with van der Waals surface area (Å²) in [5, 5.41) is 12.2. The topological polar surface area (TPSA) is 80.1 Å². The molecule has 2 heterocycles. The van der Waals surface area contributed by atoms with E-state index in [2.05, 4.69) is 15.5 Å². The number of amides is 2. The Kier molecular flexibility index (Phi) is 5.59. The number of nitrogens with one attached hydrogen (secondary N) is 1. The van der Waals surface area contributed by atoms with Gasteiger partial charge in [0.15, 0.2) is 11.0 Å². The van der Waals surface area contributed by atoms with Crippen LogP contribution in [0.25, 0.3) is 11.4 Å². The number of aryl methyl sites for hydroxylation is 1. The summed E-state index contributed by atoms with van der Waals surface area (Å²) in [6.45, 7) is 3.93. The molecule has 7 nitrogen and oxygen atoms in total. The highest BCUT2D eigenvalue weighted by molar-refractivity contribution is 7.99. The number of hydrogen-bond donors (Lipinski definition) is 1. The molecule has 0 spiro atoms. The van der Waals surface area contributed by atoms with Gasteiger partial charge in [-0.1, -0.05) is 48.2 Å². The third-order valence-electron chi connectivity index (χ3n) is 5.17. The summed E-state index contributed by atoms with van der Waals surface area (Å²) in [4.78, 5) is 27.0. The molecule has 0 saturated heterocycles. The Morgan fingerprint density at radius 3 is 2.70 bits per heavy atom. The summed E-state index contributed by atoms with van der Waals surface area (Å²) in [6.07, 6.45) is 0.256. The van der Waals surface area contributed by atoms with Crippen LogP contribution < -0.4 is 10.2 Å². The van der Waals surface area contributed by atoms with Crippen molar-refractivity contribution in [3.8, 4) is 11.4 Å². The average molecular weight is 422 g/mol. The zero-order valence-electron chi connectivity index (χ0n) is 17.1. The number of carbonyl (C=O) groups is 2. The maximum absolute atomic E-state index is 13.2. The van der Waals surface area contributed by atoms with Gasteiger partial charge in [0.2, 0.25) is 11.8 Å². The Balaban J connectivity index is 1.54. The number of aromatic nitrogens is 3. The van der Waals surface area contributed by atoms with Gasteiger partial charge in [-0.2, -0.15) is 0 Å². The van der Waals surface area contributed by atoms with Crippen molar-refractivity contribution in [1.29, 1.82) is 0 Å². The minimum absolute atomic E-state index is 0.0723. The summed E-state index contributed by atoms with van der Waals surface area (Å²) in [5.41, 5.74) is 3.52. The molecule has 0 aliphatic carbocycles. The highest BCUT2D eigenvalue weighted by atomic mass is 32.2. The van der Waals surface area contributed by atoms with Gasteiger partial charge in [-0.15, -0.1) is 10.2 Å². The Bertz CT molecular complexity index is 1110. The highest BCUT2D eigenvalue weighted by Crippen LogP contribution is 2.32. The van der Waals surface area contributed by atoms with Gasteiger partial charge in [0.05, 0.1) is 17.1 Å². The Morgan fingerprint density at radius 2 is 1.90 bits per heavy atom. The monoisotopic (exact) mass is 421 g/mol. The third-order valence-corrected chi connectivity index (χ3v) is 6.18. The normalized spacial score (nSPS) is 16.0. The van der Waals surface area contributed by atoms with Gasteiger partial charge in [0.1, 0.15) is 0 Å². The van der Waals surface area contributed by atoms with Gasteiger partial charge in [0.25, 0.3) is 0 Å². The van der Waals surface area contributed by atoms with E-state index in [0.29, 0.717) is 10.8 Å². The minimum atomic E-state index is -0.233. The van der Waals surface area contributed by atoms with Crippen molar-refractivity contribution >= 4 is 35.0 Å². The van der Waals surface area contributed by atoms with Crippen LogP contribution in [0.1, 0.15) is 18.9 Å². The minimum Gasteiger partial charge on any atom is -0.324 e. The smallest absolute Gasteiger partial charge is 0.237 e. The lowest BCUT2D eigenvalue weighted by Gasteiger charge is -2.27. The van der Waals surface area contributed by atoms with Gasteiger partial charge in [-0.05, 0) is 31.5 Å². The van der Waals surface area contributed by atoms with Crippen molar-refractivity contribution < 1.29 is 9.59 Å². The number of fused-ring (bicyclic) bond motifs is 1. The number of anilines is 2. The largest absolute Gasteiger partial charge is 0.324 e. The van der Waals surface area contributed by atoms with Crippen LogP contribution in [-0.2, 0) is 16.6 Å². The van der Waals surface area contributed by atoms with Crippen LogP contribution in [0.4, 0.5) is 11.4 Å². The van der Waals surface area contributed by atoms with Crippen molar-refractivity contribution in [2.24, 2.45) is 7.05 Å². The van der Waals surface area contributed by atoms with Crippen molar-refractivity contribution in [3.05, 3.63) is 54.1 Å². The number of hydrogen-bond acceptors (Lipinski definition) is 5. The van der Waals surface area contributed by atoms with Crippen LogP contribution in [0.5, 0.6) is 0 Å². The summed E-state index contributed by atoms with van der Waals surface area (Å²) in [5.74, 6) is 0.810. The third kappa shape index (κ3) is 3.82. The molecule has 4 rings (SSSR count). The molecular formula is C22H23N5O2S. The summed E-state index contributed by atoms with van der Waals surface area (Å²) < 4.78 is 1.91. The van der Waals surface area contributed by atoms with Crippen molar-refractivity contribution in [2.75, 3.05) is 16.0 Å². The number of rotatable bonds is 4. The van der Waals surface area contributed by atoms with Crippen LogP contribution in [0, 0.1) is 6.92 Å². The van der Waals surface area contributed by atoms with Crippen molar-refractivity contribution in [1.82, 2.24) is 14.8 Å². The molecule has 1 atom stereocenters. The lowest BCUT2D eigenvalue weighted by molar-refractivity contribution is -0.117. The van der Waals surface area contributed by atoms with E-state index in [1.54, 1.807) is 4.90 Å². The van der Waals surface area contributed by atoms with E-state index >= 15 is 0 Å². The van der Waals surface area contributed by atoms with Gasteiger partial charge in [0, 0.05) is 25.1 Å². The number of thioether (sulfide) groups is 1. The van der Waals surface area contributed by atoms with Gasteiger partial charge in [-0.25, -0.2) is 0 Å². The van der Waals surface area contributed by atoms with Crippen LogP contribution in [0.2, 0.25) is 0 Å². The molecule has 1 aliphatic heterocycles. The van der Waals surface area contributed by atoms with Gasteiger partial charge in [-0.3, -0.25) is 9.59 Å². The molecule has 0 unspecified atom stereocenters. The molecule has 1 N–H and O–H groups in total. The van der Waals surface area contributed by atoms with Crippen molar-refractivity contribution in [3.63, 3.8) is 0 Å². The number of nitrogens with zero attached hydrogens (tertiary/aromatic N) is 4. The first-order valence-corrected chi connectivity index (χ1v) is 10.7. The standard InChI is InChI=1S/C22H23N5O2S/c1-14-8-4-5-9-16(14)21-24-25-22(26(21)3)30-13-20(29)27-15(2)12-19(28)23-17-10-6-7-11-18(17)27/h4-11,15H,12-13H2,1-3H3,(H,23,28)/t15-/m1/s1. The molecule has 0 radical (unpaired) electrons. The highest BCUT2D eigenvalue weighted by Gasteiger charge is 2.29. The first-order valence-electron chi connectivity index (χ1n) is 9.75. The molecule has 0 saturated carbocycles. The summed E-state index contributed by atoms with van der Waals surface area (Å²) in [6, 6.07) is 15.2. The molecule has 30 heavy (non-hydrogen) atoms. The fourth-order valence-corrected chi connectivity index (χ4v) is 4.43. The van der Waals surface area contributed by atoms with E-state index in [4.69, 9.17) is 0 Å². The number of carbonyl (C=O) groups excluding carboxylic acids is 2. The zero-order valence-corrected chi connectivity index (χ0v) is 17.9. The predicted molar refractivity (Wildman–Crippen MR) is 119 cm³/mol. The molecule has 0 bridgehead atoms. The maximum Gasteiger partial charge on any atom is 0.237 e. The van der Waals surface area contributed by atoms with E-state index in [1.165, 1.54) is 11.8 Å². The van der Waals surface area contributed by atoms with Gasteiger partial charge >= 0.3 is 0 Å². The van der Waals surface area contributed by atoms with Crippen LogP contribution in [-0.4, -0.2) is 38.4 Å². The van der Waals surface area contributed by atoms with Crippen LogP contribution in [0.15, 0.2) is 53.7 Å². The average Bonchev–Trinajstić information content (AvgIpc) is 3.01. The maximum atomic E-state index is 13.2. The Morgan fingerprint density at radius 1 is 1.17 bits per heavy atom. The van der Waals surface area contributed by atoms with E-state index < -0.39 is 0 Å². The molecule has 2 amide bonds. The molecule has 0 fully saturated rings. The number of para-hydroxylation sites is 2. The van der Waals surface area contributed by atoms with Crippen LogP contribution >= 0.6 is 11.8 Å². The molecular weight excluding hydrogens is 398 g/mol. The first kappa shape index (κ1) is 20.2. The van der Waals surface area contributed by atoms with Gasteiger partial charge < -0.3 is 14.8 Å². The van der Waals surface area contributed by atoms with Crippen molar-refractivity contribution in [2.45, 2.75) is 31.5 Å². The Labute approximate surface area is 179 Å². The van der Waals surface area contributed by atoms with E-state index in [9.17, 15) is 9.59 Å². The summed E-state index contributed by atoms with van der Waals surface area (Å²) >= 11 is 1.35. The molecule has 1 aliphatic rings. The molecule has 8 heteroatoms. The molecule has 2 aromatic carbocycles. The first-order chi connectivity index (χ1) is 14.5. The second-order valence-electron chi connectivity index (χ2n) is 7.35. The lowest BCUT2D eigenvalue weighted by Crippen LogP contribution is -2.40. The number of benzene rings is 2. The fourth-order valence-electron chi connectivity index (χ4n) is 3.66. The SMILES string of the molecule is Cc1ccccc1-c1nnc(SCC(=O)N2c3ccccc3NC(=O)C[C@H]2C)n1C. The Hall–Kier alpha value is -3.13. The fraction of sp³-hybridized carbons (Fsp3) is 0.273. The lowest BCUT2D eigenvalue weighted by atomic mass is 10.1.